The molecule has 13 heteroatoms. The van der Waals surface area contributed by atoms with Gasteiger partial charge < -0.3 is 14.3 Å². The van der Waals surface area contributed by atoms with Crippen LogP contribution in [0.5, 0.6) is 0 Å². The molecule has 0 saturated carbocycles. The van der Waals surface area contributed by atoms with Gasteiger partial charge in [0, 0.05) is 56.0 Å². The van der Waals surface area contributed by atoms with Crippen LogP contribution in [0.3, 0.4) is 0 Å². The number of carbonyl (C=O) groups is 1. The van der Waals surface area contributed by atoms with Crippen molar-refractivity contribution >= 4 is 23.0 Å². The number of thiazole rings is 1. The number of benzene rings is 1. The van der Waals surface area contributed by atoms with E-state index in [0.29, 0.717) is 37.3 Å². The van der Waals surface area contributed by atoms with Gasteiger partial charge in [0.15, 0.2) is 6.10 Å². The van der Waals surface area contributed by atoms with Crippen molar-refractivity contribution in [3.63, 3.8) is 0 Å². The summed E-state index contributed by atoms with van der Waals surface area (Å²) in [4.78, 5) is 36.2. The molecule has 39 heavy (non-hydrogen) atoms. The van der Waals surface area contributed by atoms with Crippen LogP contribution in [0.1, 0.15) is 59.5 Å². The van der Waals surface area contributed by atoms with Crippen molar-refractivity contribution < 1.29 is 31.6 Å². The van der Waals surface area contributed by atoms with Crippen molar-refractivity contribution in [1.82, 2.24) is 14.5 Å². The van der Waals surface area contributed by atoms with Crippen molar-refractivity contribution in [2.24, 2.45) is 5.16 Å². The van der Waals surface area contributed by atoms with Crippen molar-refractivity contribution in [2.75, 3.05) is 13.1 Å². The number of aryl methyl sites for hydroxylation is 1. The van der Waals surface area contributed by atoms with Crippen LogP contribution in [0.2, 0.25) is 0 Å². The molecule has 1 atom stereocenters. The van der Waals surface area contributed by atoms with Crippen LogP contribution in [0.15, 0.2) is 51.9 Å². The number of hydrogen-bond donors (Lipinski definition) is 0. The third-order valence-corrected chi connectivity index (χ3v) is 7.89. The molecule has 0 aliphatic carbocycles. The fourth-order valence-corrected chi connectivity index (χ4v) is 5.73. The Morgan fingerprint density at radius 1 is 1.10 bits per heavy atom. The number of halogens is 5. The molecule has 206 valence electrons. The van der Waals surface area contributed by atoms with E-state index in [4.69, 9.17) is 4.84 Å². The number of amides is 1. The minimum atomic E-state index is -4.58. The highest BCUT2D eigenvalue weighted by atomic mass is 32.1. The standard InChI is InChI=1S/C26H23F5N4O3S/c27-17-2-1-3-18(28)24(17)21-12-19(33-38-21)20-14-39-25(32-20)15-6-9-34(10-7-15)23(37)8-11-35-13-16(26(29,30)31)4-5-22(35)36/h1-5,13-15,21H,6-12H2. The number of oxime groups is 1. The zero-order valence-electron chi connectivity index (χ0n) is 20.5. The maximum absolute atomic E-state index is 14.1. The molecule has 0 radical (unpaired) electrons. The zero-order chi connectivity index (χ0) is 27.7. The first-order chi connectivity index (χ1) is 18.6. The lowest BCUT2D eigenvalue weighted by Crippen LogP contribution is -2.38. The number of likely N-dealkylation sites (tertiary alicyclic amines) is 1. The van der Waals surface area contributed by atoms with E-state index in [1.165, 1.54) is 29.5 Å². The average Bonchev–Trinajstić information content (AvgIpc) is 3.58. The van der Waals surface area contributed by atoms with Crippen LogP contribution in [0.4, 0.5) is 22.0 Å². The predicted molar refractivity (Wildman–Crippen MR) is 132 cm³/mol. The number of pyridine rings is 1. The van der Waals surface area contributed by atoms with E-state index in [1.54, 1.807) is 4.90 Å². The zero-order valence-corrected chi connectivity index (χ0v) is 21.3. The number of piperidine rings is 1. The van der Waals surface area contributed by atoms with Gasteiger partial charge in [0.25, 0.3) is 5.56 Å². The van der Waals surface area contributed by atoms with E-state index < -0.39 is 35.0 Å². The summed E-state index contributed by atoms with van der Waals surface area (Å²) in [5.74, 6) is -1.53. The van der Waals surface area contributed by atoms with E-state index >= 15 is 0 Å². The summed E-state index contributed by atoms with van der Waals surface area (Å²) in [7, 11) is 0. The monoisotopic (exact) mass is 566 g/mol. The lowest BCUT2D eigenvalue weighted by atomic mass is 9.97. The second-order valence-electron chi connectivity index (χ2n) is 9.39. The van der Waals surface area contributed by atoms with E-state index in [-0.39, 0.29) is 36.8 Å². The summed E-state index contributed by atoms with van der Waals surface area (Å²) in [5, 5.41) is 6.68. The van der Waals surface area contributed by atoms with Crippen LogP contribution in [0.25, 0.3) is 0 Å². The predicted octanol–water partition coefficient (Wildman–Crippen LogP) is 5.26. The fourth-order valence-electron chi connectivity index (χ4n) is 4.73. The number of nitrogens with zero attached hydrogens (tertiary/aromatic N) is 4. The van der Waals surface area contributed by atoms with Gasteiger partial charge in [-0.3, -0.25) is 9.59 Å². The number of carbonyl (C=O) groups excluding carboxylic acids is 1. The van der Waals surface area contributed by atoms with Crippen LogP contribution >= 0.6 is 11.3 Å². The van der Waals surface area contributed by atoms with Crippen molar-refractivity contribution in [1.29, 1.82) is 0 Å². The number of rotatable bonds is 6. The minimum absolute atomic E-state index is 0.0864. The van der Waals surface area contributed by atoms with Crippen LogP contribution in [-0.4, -0.2) is 39.2 Å². The second kappa shape index (κ2) is 10.9. The van der Waals surface area contributed by atoms with Crippen LogP contribution < -0.4 is 5.56 Å². The lowest BCUT2D eigenvalue weighted by Gasteiger charge is -2.31. The number of aromatic nitrogens is 2. The molecule has 0 bridgehead atoms. The summed E-state index contributed by atoms with van der Waals surface area (Å²) in [6, 6.07) is 5.20. The first-order valence-electron chi connectivity index (χ1n) is 12.3. The van der Waals surface area contributed by atoms with Gasteiger partial charge in [-0.15, -0.1) is 11.3 Å². The summed E-state index contributed by atoms with van der Waals surface area (Å²) in [5.41, 5.74) is -0.622. The SMILES string of the molecule is O=C(CCn1cc(C(F)(F)F)ccc1=O)N1CCC(c2nc(C3=NOC(c4c(F)cccc4F)C3)cs2)CC1. The maximum Gasteiger partial charge on any atom is 0.417 e. The molecule has 1 unspecified atom stereocenters. The molecule has 0 N–H and O–H groups in total. The summed E-state index contributed by atoms with van der Waals surface area (Å²) in [6.45, 7) is 0.766. The largest absolute Gasteiger partial charge is 0.417 e. The molecule has 1 amide bonds. The summed E-state index contributed by atoms with van der Waals surface area (Å²) < 4.78 is 67.9. The molecule has 7 nitrogen and oxygen atoms in total. The van der Waals surface area contributed by atoms with Crippen LogP contribution in [-0.2, 0) is 22.4 Å². The topological polar surface area (TPSA) is 76.8 Å². The molecular weight excluding hydrogens is 543 g/mol. The van der Waals surface area contributed by atoms with E-state index in [9.17, 15) is 31.5 Å². The molecule has 3 aromatic rings. The fraction of sp³-hybridized carbons (Fsp3) is 0.385. The molecule has 1 saturated heterocycles. The van der Waals surface area contributed by atoms with Crippen LogP contribution in [0, 0.1) is 11.6 Å². The second-order valence-corrected chi connectivity index (χ2v) is 10.3. The summed E-state index contributed by atoms with van der Waals surface area (Å²) >= 11 is 1.44. The highest BCUT2D eigenvalue weighted by Gasteiger charge is 2.32. The molecule has 1 aromatic carbocycles. The van der Waals surface area contributed by atoms with Crippen molar-refractivity contribution in [3.8, 4) is 0 Å². The first-order valence-corrected chi connectivity index (χ1v) is 13.2. The molecular formula is C26H23F5N4O3S. The maximum atomic E-state index is 14.1. The number of hydrogen-bond acceptors (Lipinski definition) is 6. The Labute approximate surface area is 223 Å². The Hall–Kier alpha value is -3.61. The van der Waals surface area contributed by atoms with Gasteiger partial charge in [-0.1, -0.05) is 11.2 Å². The lowest BCUT2D eigenvalue weighted by molar-refractivity contribution is -0.138. The first kappa shape index (κ1) is 27.0. The van der Waals surface area contributed by atoms with Crippen molar-refractivity contribution in [3.05, 3.63) is 85.7 Å². The molecule has 2 aliphatic heterocycles. The van der Waals surface area contributed by atoms with Gasteiger partial charge in [-0.2, -0.15) is 13.2 Å². The van der Waals surface area contributed by atoms with Crippen molar-refractivity contribution in [2.45, 2.75) is 50.4 Å². The highest BCUT2D eigenvalue weighted by Crippen LogP contribution is 2.35. The molecule has 0 spiro atoms. The van der Waals surface area contributed by atoms with Gasteiger partial charge in [-0.05, 0) is 31.0 Å². The number of alkyl halides is 3. The normalized spacial score (nSPS) is 18.2. The van der Waals surface area contributed by atoms with E-state index in [0.717, 1.165) is 27.9 Å². The minimum Gasteiger partial charge on any atom is -0.387 e. The van der Waals surface area contributed by atoms with Gasteiger partial charge in [0.2, 0.25) is 5.91 Å². The molecule has 5 rings (SSSR count). The molecule has 1 fully saturated rings. The average molecular weight is 567 g/mol. The Balaban J connectivity index is 1.14. The Morgan fingerprint density at radius 3 is 2.51 bits per heavy atom. The van der Waals surface area contributed by atoms with Gasteiger partial charge in [0.05, 0.1) is 21.8 Å². The van der Waals surface area contributed by atoms with E-state index in [1.807, 2.05) is 5.38 Å². The van der Waals surface area contributed by atoms with Gasteiger partial charge in [0.1, 0.15) is 17.3 Å². The third kappa shape index (κ3) is 5.87. The molecule has 2 aliphatic rings. The Morgan fingerprint density at radius 2 is 1.82 bits per heavy atom. The Bertz CT molecular complexity index is 1440. The molecule has 2 aromatic heterocycles. The Kier molecular flexibility index (Phi) is 7.52. The third-order valence-electron chi connectivity index (χ3n) is 6.88. The molecule has 4 heterocycles. The highest BCUT2D eigenvalue weighted by molar-refractivity contribution is 7.10. The van der Waals surface area contributed by atoms with E-state index in [2.05, 4.69) is 10.1 Å². The quantitative estimate of drug-likeness (QED) is 0.382. The summed E-state index contributed by atoms with van der Waals surface area (Å²) in [6.07, 6.45) is -3.32. The van der Waals surface area contributed by atoms with Gasteiger partial charge >= 0.3 is 6.18 Å². The van der Waals surface area contributed by atoms with Gasteiger partial charge in [-0.25, -0.2) is 13.8 Å². The smallest absolute Gasteiger partial charge is 0.387 e.